The van der Waals surface area contributed by atoms with E-state index in [9.17, 15) is 0 Å². The molecule has 0 aliphatic carbocycles. The lowest BCUT2D eigenvalue weighted by Gasteiger charge is -2.15. The van der Waals surface area contributed by atoms with Gasteiger partial charge < -0.3 is 8.98 Å². The second-order valence-corrected chi connectivity index (χ2v) is 15.4. The molecule has 62 heavy (non-hydrogen) atoms. The molecule has 0 bridgehead atoms. The number of hydrogen-bond acceptors (Lipinski definition) is 5. The molecule has 8 aromatic carbocycles. The van der Waals surface area contributed by atoms with Crippen molar-refractivity contribution in [3.63, 3.8) is 0 Å². The highest BCUT2D eigenvalue weighted by atomic mass is 16.3. The van der Waals surface area contributed by atoms with Crippen LogP contribution in [0.15, 0.2) is 217 Å². The van der Waals surface area contributed by atoms with Gasteiger partial charge in [0.15, 0.2) is 17.5 Å². The van der Waals surface area contributed by atoms with E-state index in [1.165, 1.54) is 5.39 Å². The molecule has 0 radical (unpaired) electrons. The minimum absolute atomic E-state index is 0.515. The van der Waals surface area contributed by atoms with E-state index >= 15 is 0 Å². The van der Waals surface area contributed by atoms with Crippen LogP contribution in [-0.4, -0.2) is 24.5 Å². The summed E-state index contributed by atoms with van der Waals surface area (Å²) in [7, 11) is 0. The predicted molar refractivity (Wildman–Crippen MR) is 252 cm³/mol. The van der Waals surface area contributed by atoms with Gasteiger partial charge in [0.25, 0.3) is 0 Å². The summed E-state index contributed by atoms with van der Waals surface area (Å²) < 4.78 is 9.31. The van der Waals surface area contributed by atoms with Gasteiger partial charge in [-0.1, -0.05) is 164 Å². The highest BCUT2D eigenvalue weighted by molar-refractivity contribution is 6.18. The lowest BCUT2D eigenvalue weighted by molar-refractivity contribution is 0.670. The normalized spacial score (nSPS) is 11.5. The second-order valence-electron chi connectivity index (χ2n) is 15.4. The standard InChI is InChI=1S/C56H35N5O/c1-5-18-36(19-6-1)41-26-13-14-27-42(41)39-32-48(56-59-54(37-20-7-2-8-21-37)58-55(60-56)38-22-9-3-10-23-38)52(57-35-39)45-30-17-29-44-47-33-46-43-28-15-16-31-49(43)61(40-24-11-4-12-25-40)50(46)34-51(47)62-53(44)45/h1-35H. The highest BCUT2D eigenvalue weighted by Crippen LogP contribution is 2.43. The summed E-state index contributed by atoms with van der Waals surface area (Å²) in [4.78, 5) is 20.8. The molecular weight excluding hydrogens is 759 g/mol. The van der Waals surface area contributed by atoms with E-state index in [1.807, 2.05) is 72.9 Å². The van der Waals surface area contributed by atoms with E-state index in [0.29, 0.717) is 23.2 Å². The van der Waals surface area contributed by atoms with Crippen molar-refractivity contribution in [3.8, 4) is 73.4 Å². The largest absolute Gasteiger partial charge is 0.455 e. The Balaban J connectivity index is 1.12. The van der Waals surface area contributed by atoms with Crippen molar-refractivity contribution < 1.29 is 4.42 Å². The van der Waals surface area contributed by atoms with Crippen LogP contribution in [0.5, 0.6) is 0 Å². The summed E-state index contributed by atoms with van der Waals surface area (Å²) in [6, 6.07) is 71.1. The summed E-state index contributed by atoms with van der Waals surface area (Å²) in [5, 5.41) is 4.40. The van der Waals surface area contributed by atoms with Gasteiger partial charge in [0.2, 0.25) is 0 Å². The minimum atomic E-state index is 0.515. The van der Waals surface area contributed by atoms with Crippen LogP contribution < -0.4 is 0 Å². The first-order chi connectivity index (χ1) is 30.7. The molecule has 0 amide bonds. The topological polar surface area (TPSA) is 69.6 Å². The van der Waals surface area contributed by atoms with Gasteiger partial charge in [0.05, 0.1) is 16.7 Å². The van der Waals surface area contributed by atoms with Crippen LogP contribution in [0.1, 0.15) is 0 Å². The van der Waals surface area contributed by atoms with E-state index in [0.717, 1.165) is 88.6 Å². The predicted octanol–water partition coefficient (Wildman–Crippen LogP) is 14.3. The van der Waals surface area contributed by atoms with E-state index in [-0.39, 0.29) is 0 Å². The molecular formula is C56H35N5O. The van der Waals surface area contributed by atoms with Gasteiger partial charge in [-0.15, -0.1) is 0 Å². The van der Waals surface area contributed by atoms with Crippen molar-refractivity contribution in [3.05, 3.63) is 212 Å². The average Bonchev–Trinajstić information content (AvgIpc) is 3.89. The molecule has 0 spiro atoms. The summed E-state index contributed by atoms with van der Waals surface area (Å²) in [5.41, 5.74) is 13.2. The molecule has 290 valence electrons. The lowest BCUT2D eigenvalue weighted by Crippen LogP contribution is -2.02. The van der Waals surface area contributed by atoms with E-state index in [1.54, 1.807) is 0 Å². The Morgan fingerprint density at radius 2 is 0.903 bits per heavy atom. The van der Waals surface area contributed by atoms with Crippen LogP contribution in [0.3, 0.4) is 0 Å². The van der Waals surface area contributed by atoms with Crippen molar-refractivity contribution in [2.75, 3.05) is 0 Å². The molecule has 0 aliphatic heterocycles. The Morgan fingerprint density at radius 3 is 1.60 bits per heavy atom. The molecule has 0 fully saturated rings. The van der Waals surface area contributed by atoms with Gasteiger partial charge in [-0.25, -0.2) is 15.0 Å². The van der Waals surface area contributed by atoms with Crippen molar-refractivity contribution in [2.45, 2.75) is 0 Å². The summed E-state index contributed by atoms with van der Waals surface area (Å²) in [6.07, 6.45) is 1.96. The number of pyridine rings is 1. The summed E-state index contributed by atoms with van der Waals surface area (Å²) in [5.74, 6) is 1.67. The molecule has 4 aromatic heterocycles. The fourth-order valence-electron chi connectivity index (χ4n) is 8.83. The molecule has 6 heteroatoms. The molecule has 0 saturated carbocycles. The van der Waals surface area contributed by atoms with Gasteiger partial charge in [0.1, 0.15) is 11.2 Å². The SMILES string of the molecule is c1ccc(-c2nc(-c3ccccc3)nc(-c3cc(-c4ccccc4-c4ccccc4)cnc3-c3cccc4c3oc3cc5c(cc34)c3ccccc3n5-c3ccccc3)n2)cc1. The Hall–Kier alpha value is -8.48. The maximum Gasteiger partial charge on any atom is 0.166 e. The number of nitrogens with zero attached hydrogens (tertiary/aromatic N) is 5. The number of aromatic nitrogens is 5. The van der Waals surface area contributed by atoms with Crippen molar-refractivity contribution in [2.24, 2.45) is 0 Å². The number of para-hydroxylation sites is 3. The Labute approximate surface area is 357 Å². The van der Waals surface area contributed by atoms with Crippen LogP contribution in [0.4, 0.5) is 0 Å². The number of benzene rings is 8. The molecule has 6 nitrogen and oxygen atoms in total. The third-order valence-corrected chi connectivity index (χ3v) is 11.7. The second kappa shape index (κ2) is 14.7. The Bertz CT molecular complexity index is 3560. The zero-order chi connectivity index (χ0) is 41.0. The molecule has 0 unspecified atom stereocenters. The Kier molecular flexibility index (Phi) is 8.38. The highest BCUT2D eigenvalue weighted by Gasteiger charge is 2.23. The van der Waals surface area contributed by atoms with Gasteiger partial charge >= 0.3 is 0 Å². The summed E-state index contributed by atoms with van der Waals surface area (Å²) in [6.45, 7) is 0. The third-order valence-electron chi connectivity index (χ3n) is 11.7. The fourth-order valence-corrected chi connectivity index (χ4v) is 8.83. The molecule has 0 atom stereocenters. The van der Waals surface area contributed by atoms with Gasteiger partial charge in [-0.3, -0.25) is 4.98 Å². The maximum atomic E-state index is 7.00. The zero-order valence-electron chi connectivity index (χ0n) is 33.4. The monoisotopic (exact) mass is 793 g/mol. The van der Waals surface area contributed by atoms with Crippen LogP contribution in [0.25, 0.3) is 117 Å². The maximum absolute atomic E-state index is 7.00. The van der Waals surface area contributed by atoms with Crippen LogP contribution in [-0.2, 0) is 0 Å². The van der Waals surface area contributed by atoms with Crippen molar-refractivity contribution in [1.29, 1.82) is 0 Å². The van der Waals surface area contributed by atoms with Crippen molar-refractivity contribution in [1.82, 2.24) is 24.5 Å². The first-order valence-corrected chi connectivity index (χ1v) is 20.7. The molecule has 4 heterocycles. The first-order valence-electron chi connectivity index (χ1n) is 20.7. The molecule has 0 saturated heterocycles. The van der Waals surface area contributed by atoms with Gasteiger partial charge in [-0.2, -0.15) is 0 Å². The number of rotatable bonds is 7. The smallest absolute Gasteiger partial charge is 0.166 e. The number of hydrogen-bond donors (Lipinski definition) is 0. The zero-order valence-corrected chi connectivity index (χ0v) is 33.4. The van der Waals surface area contributed by atoms with E-state index in [2.05, 4.69) is 144 Å². The molecule has 12 rings (SSSR count). The average molecular weight is 794 g/mol. The van der Waals surface area contributed by atoms with Gasteiger partial charge in [-0.05, 0) is 53.1 Å². The first kappa shape index (κ1) is 35.5. The van der Waals surface area contributed by atoms with Crippen LogP contribution in [0.2, 0.25) is 0 Å². The summed E-state index contributed by atoms with van der Waals surface area (Å²) >= 11 is 0. The van der Waals surface area contributed by atoms with E-state index in [4.69, 9.17) is 24.4 Å². The number of furan rings is 1. The molecule has 0 N–H and O–H groups in total. The quantitative estimate of drug-likeness (QED) is 0.161. The van der Waals surface area contributed by atoms with Crippen LogP contribution in [0, 0.1) is 0 Å². The minimum Gasteiger partial charge on any atom is -0.455 e. The van der Waals surface area contributed by atoms with E-state index < -0.39 is 0 Å². The van der Waals surface area contributed by atoms with Crippen LogP contribution >= 0.6 is 0 Å². The Morgan fingerprint density at radius 1 is 0.355 bits per heavy atom. The molecule has 12 aromatic rings. The lowest BCUT2D eigenvalue weighted by atomic mass is 9.93. The van der Waals surface area contributed by atoms with Crippen molar-refractivity contribution >= 4 is 43.7 Å². The number of fused-ring (bicyclic) bond motifs is 6. The van der Waals surface area contributed by atoms with Gasteiger partial charge in [0, 0.05) is 67.3 Å². The third kappa shape index (κ3) is 5.96. The fraction of sp³-hybridized carbons (Fsp3) is 0. The molecule has 0 aliphatic rings.